The first kappa shape index (κ1) is 13.5. The maximum Gasteiger partial charge on any atom is 0.0771 e. The normalized spacial score (nSPS) is 25.3. The van der Waals surface area contributed by atoms with Gasteiger partial charge in [-0.3, -0.25) is 11.3 Å². The van der Waals surface area contributed by atoms with Crippen LogP contribution in [0.4, 0.5) is 0 Å². The quantitative estimate of drug-likeness (QED) is 0.619. The molecule has 3 N–H and O–H groups in total. The molecule has 100 valence electrons. The van der Waals surface area contributed by atoms with Crippen LogP contribution >= 0.6 is 0 Å². The van der Waals surface area contributed by atoms with Crippen molar-refractivity contribution < 1.29 is 4.74 Å². The second-order valence-corrected chi connectivity index (χ2v) is 5.25. The van der Waals surface area contributed by atoms with Crippen LogP contribution in [0.3, 0.4) is 0 Å². The Morgan fingerprint density at radius 3 is 2.50 bits per heavy atom. The first-order valence-corrected chi connectivity index (χ1v) is 6.90. The number of aryl methyl sites for hydroxylation is 1. The number of hydrazine groups is 1. The molecule has 1 aromatic carbocycles. The molecule has 3 nitrogen and oxygen atoms in total. The summed E-state index contributed by atoms with van der Waals surface area (Å²) in [6.07, 6.45) is 3.38. The topological polar surface area (TPSA) is 47.3 Å². The van der Waals surface area contributed by atoms with Gasteiger partial charge in [-0.15, -0.1) is 0 Å². The molecule has 0 spiro atoms. The largest absolute Gasteiger partial charge is 0.376 e. The fourth-order valence-electron chi connectivity index (χ4n) is 2.67. The molecule has 3 atom stereocenters. The third-order valence-corrected chi connectivity index (χ3v) is 3.94. The molecule has 3 unspecified atom stereocenters. The molecule has 1 aliphatic rings. The van der Waals surface area contributed by atoms with Crippen molar-refractivity contribution in [2.45, 2.75) is 45.3 Å². The molecule has 0 saturated carbocycles. The van der Waals surface area contributed by atoms with E-state index in [0.29, 0.717) is 5.92 Å². The molecule has 3 heteroatoms. The second-order valence-electron chi connectivity index (χ2n) is 5.25. The van der Waals surface area contributed by atoms with Crippen molar-refractivity contribution in [1.82, 2.24) is 5.43 Å². The van der Waals surface area contributed by atoms with E-state index in [1.807, 2.05) is 0 Å². The maximum atomic E-state index is 5.79. The molecular weight excluding hydrogens is 224 g/mol. The van der Waals surface area contributed by atoms with Crippen LogP contribution in [0.2, 0.25) is 0 Å². The van der Waals surface area contributed by atoms with Crippen molar-refractivity contribution in [2.24, 2.45) is 11.8 Å². The van der Waals surface area contributed by atoms with Gasteiger partial charge in [0.1, 0.15) is 0 Å². The molecule has 1 aromatic rings. The predicted octanol–water partition coefficient (Wildman–Crippen LogP) is 2.05. The minimum Gasteiger partial charge on any atom is -0.376 e. The number of rotatable bonds is 5. The van der Waals surface area contributed by atoms with Crippen molar-refractivity contribution in [3.63, 3.8) is 0 Å². The molecule has 1 fully saturated rings. The fraction of sp³-hybridized carbons (Fsp3) is 0.600. The minimum atomic E-state index is 0.204. The van der Waals surface area contributed by atoms with E-state index < -0.39 is 0 Å². The zero-order valence-electron chi connectivity index (χ0n) is 11.4. The van der Waals surface area contributed by atoms with Crippen molar-refractivity contribution in [3.8, 4) is 0 Å². The van der Waals surface area contributed by atoms with Gasteiger partial charge in [-0.05, 0) is 36.3 Å². The number of hydrogen-bond donors (Lipinski definition) is 2. The third-order valence-electron chi connectivity index (χ3n) is 3.94. The van der Waals surface area contributed by atoms with E-state index in [9.17, 15) is 0 Å². The Bertz CT molecular complexity index is 363. The monoisotopic (exact) mass is 248 g/mol. The van der Waals surface area contributed by atoms with E-state index in [1.54, 1.807) is 0 Å². The molecule has 0 bridgehead atoms. The number of hydrogen-bond acceptors (Lipinski definition) is 3. The molecule has 0 aliphatic carbocycles. The minimum absolute atomic E-state index is 0.204. The average molecular weight is 248 g/mol. The van der Waals surface area contributed by atoms with Crippen molar-refractivity contribution >= 4 is 0 Å². The van der Waals surface area contributed by atoms with Crippen molar-refractivity contribution in [3.05, 3.63) is 35.4 Å². The Morgan fingerprint density at radius 2 is 2.00 bits per heavy atom. The second kappa shape index (κ2) is 6.32. The average Bonchev–Trinajstić information content (AvgIpc) is 2.83. The van der Waals surface area contributed by atoms with Gasteiger partial charge in [0.05, 0.1) is 12.1 Å². The van der Waals surface area contributed by atoms with Gasteiger partial charge in [-0.25, -0.2) is 0 Å². The summed E-state index contributed by atoms with van der Waals surface area (Å²) in [6, 6.07) is 8.99. The molecule has 1 saturated heterocycles. The SMILES string of the molecule is CCc1ccc(CC(NN)C2OCCC2C)cc1. The highest BCUT2D eigenvalue weighted by Crippen LogP contribution is 2.24. The maximum absolute atomic E-state index is 5.79. The zero-order chi connectivity index (χ0) is 13.0. The predicted molar refractivity (Wildman–Crippen MR) is 74.2 cm³/mol. The van der Waals surface area contributed by atoms with Crippen LogP contribution in [0.5, 0.6) is 0 Å². The summed E-state index contributed by atoms with van der Waals surface area (Å²) < 4.78 is 5.79. The summed E-state index contributed by atoms with van der Waals surface area (Å²) in [7, 11) is 0. The summed E-state index contributed by atoms with van der Waals surface area (Å²) in [5, 5.41) is 0. The van der Waals surface area contributed by atoms with Crippen LogP contribution in [0.25, 0.3) is 0 Å². The number of nitrogens with two attached hydrogens (primary N) is 1. The Balaban J connectivity index is 2.00. The van der Waals surface area contributed by atoms with E-state index in [4.69, 9.17) is 10.6 Å². The smallest absolute Gasteiger partial charge is 0.0771 e. The van der Waals surface area contributed by atoms with Gasteiger partial charge in [0.2, 0.25) is 0 Å². The Morgan fingerprint density at radius 1 is 1.33 bits per heavy atom. The van der Waals surface area contributed by atoms with Crippen LogP contribution in [0.15, 0.2) is 24.3 Å². The third kappa shape index (κ3) is 3.10. The van der Waals surface area contributed by atoms with Gasteiger partial charge >= 0.3 is 0 Å². The van der Waals surface area contributed by atoms with Crippen LogP contribution in [-0.2, 0) is 17.6 Å². The Kier molecular flexibility index (Phi) is 4.75. The lowest BCUT2D eigenvalue weighted by Crippen LogP contribution is -2.47. The van der Waals surface area contributed by atoms with Gasteiger partial charge in [0.15, 0.2) is 0 Å². The Hall–Kier alpha value is -0.900. The standard InChI is InChI=1S/C15H24N2O/c1-3-12-4-6-13(7-5-12)10-14(17-16)15-11(2)8-9-18-15/h4-7,11,14-15,17H,3,8-10,16H2,1-2H3. The summed E-state index contributed by atoms with van der Waals surface area (Å²) in [6.45, 7) is 5.27. The molecule has 18 heavy (non-hydrogen) atoms. The highest BCUT2D eigenvalue weighted by Gasteiger charge is 2.31. The first-order valence-electron chi connectivity index (χ1n) is 6.90. The highest BCUT2D eigenvalue weighted by molar-refractivity contribution is 5.23. The van der Waals surface area contributed by atoms with Gasteiger partial charge in [0.25, 0.3) is 0 Å². The van der Waals surface area contributed by atoms with Crippen LogP contribution in [0.1, 0.15) is 31.4 Å². The molecular formula is C15H24N2O. The first-order chi connectivity index (χ1) is 8.74. The lowest BCUT2D eigenvalue weighted by molar-refractivity contribution is 0.0610. The van der Waals surface area contributed by atoms with E-state index in [-0.39, 0.29) is 12.1 Å². The molecule has 0 amide bonds. The fourth-order valence-corrected chi connectivity index (χ4v) is 2.67. The summed E-state index contributed by atoms with van der Waals surface area (Å²) in [5.41, 5.74) is 5.62. The molecule has 0 radical (unpaired) electrons. The molecule has 1 heterocycles. The number of ether oxygens (including phenoxy) is 1. The van der Waals surface area contributed by atoms with Crippen LogP contribution < -0.4 is 11.3 Å². The lowest BCUT2D eigenvalue weighted by Gasteiger charge is -2.25. The number of benzene rings is 1. The van der Waals surface area contributed by atoms with Gasteiger partial charge in [-0.1, -0.05) is 38.1 Å². The van der Waals surface area contributed by atoms with E-state index in [0.717, 1.165) is 25.9 Å². The summed E-state index contributed by atoms with van der Waals surface area (Å²) in [4.78, 5) is 0. The molecule has 1 aliphatic heterocycles. The Labute approximate surface area is 110 Å². The zero-order valence-corrected chi connectivity index (χ0v) is 11.4. The van der Waals surface area contributed by atoms with Crippen molar-refractivity contribution in [1.29, 1.82) is 0 Å². The summed E-state index contributed by atoms with van der Waals surface area (Å²) in [5.74, 6) is 6.27. The van der Waals surface area contributed by atoms with E-state index in [1.165, 1.54) is 11.1 Å². The lowest BCUT2D eigenvalue weighted by atomic mass is 9.93. The van der Waals surface area contributed by atoms with Gasteiger partial charge in [0, 0.05) is 6.61 Å². The molecule has 2 rings (SSSR count). The summed E-state index contributed by atoms with van der Waals surface area (Å²) >= 11 is 0. The number of nitrogens with one attached hydrogen (secondary N) is 1. The van der Waals surface area contributed by atoms with Crippen LogP contribution in [0, 0.1) is 5.92 Å². The van der Waals surface area contributed by atoms with Gasteiger partial charge in [-0.2, -0.15) is 0 Å². The van der Waals surface area contributed by atoms with E-state index in [2.05, 4.69) is 43.5 Å². The van der Waals surface area contributed by atoms with Gasteiger partial charge < -0.3 is 4.74 Å². The van der Waals surface area contributed by atoms with Crippen molar-refractivity contribution in [2.75, 3.05) is 6.61 Å². The van der Waals surface area contributed by atoms with Crippen LogP contribution in [-0.4, -0.2) is 18.8 Å². The highest BCUT2D eigenvalue weighted by atomic mass is 16.5. The molecule has 0 aromatic heterocycles. The van der Waals surface area contributed by atoms with E-state index >= 15 is 0 Å².